The zero-order valence-electron chi connectivity index (χ0n) is 13.7. The van der Waals surface area contributed by atoms with Crippen molar-refractivity contribution in [3.05, 3.63) is 63.7 Å². The molecule has 0 unspecified atom stereocenters. The van der Waals surface area contributed by atoms with Gasteiger partial charge in [-0.05, 0) is 36.8 Å². The fourth-order valence-electron chi connectivity index (χ4n) is 2.06. The molecular weight excluding hydrogens is 352 g/mol. The summed E-state index contributed by atoms with van der Waals surface area (Å²) in [6, 6.07) is 9.15. The van der Waals surface area contributed by atoms with Gasteiger partial charge in [-0.1, -0.05) is 6.07 Å². The van der Waals surface area contributed by atoms with Gasteiger partial charge in [-0.25, -0.2) is 4.79 Å². The third-order valence-corrected chi connectivity index (χ3v) is 3.21. The molecule has 0 saturated heterocycles. The van der Waals surface area contributed by atoms with Gasteiger partial charge < -0.3 is 14.2 Å². The van der Waals surface area contributed by atoms with Gasteiger partial charge in [-0.2, -0.15) is 8.78 Å². The third kappa shape index (κ3) is 5.13. The Morgan fingerprint density at radius 3 is 2.42 bits per heavy atom. The number of carbonyl (C=O) groups is 1. The van der Waals surface area contributed by atoms with E-state index in [1.54, 1.807) is 6.92 Å². The maximum absolute atomic E-state index is 12.4. The minimum absolute atomic E-state index is 0.108. The first-order valence-electron chi connectivity index (χ1n) is 7.52. The molecule has 0 radical (unpaired) electrons. The smallest absolute Gasteiger partial charge is 0.387 e. The number of ether oxygens (including phenoxy) is 3. The molecule has 0 spiro atoms. The van der Waals surface area contributed by atoms with Crippen LogP contribution in [0.2, 0.25) is 0 Å². The monoisotopic (exact) mass is 367 g/mol. The van der Waals surface area contributed by atoms with Crippen molar-refractivity contribution in [3.8, 4) is 11.5 Å². The first-order chi connectivity index (χ1) is 12.4. The number of esters is 1. The van der Waals surface area contributed by atoms with E-state index in [0.717, 1.165) is 0 Å². The number of halogens is 2. The van der Waals surface area contributed by atoms with Crippen molar-refractivity contribution in [2.75, 3.05) is 6.61 Å². The molecule has 9 heteroatoms. The van der Waals surface area contributed by atoms with E-state index in [9.17, 15) is 23.7 Å². The first kappa shape index (κ1) is 19.1. The van der Waals surface area contributed by atoms with E-state index in [4.69, 9.17) is 9.47 Å². The van der Waals surface area contributed by atoms with Crippen LogP contribution in [0.3, 0.4) is 0 Å². The number of carbonyl (C=O) groups excluding carboxylic acids is 1. The summed E-state index contributed by atoms with van der Waals surface area (Å²) in [4.78, 5) is 22.0. The number of nitro benzene ring substituents is 1. The average Bonchev–Trinajstić information content (AvgIpc) is 2.61. The highest BCUT2D eigenvalue weighted by molar-refractivity contribution is 5.89. The van der Waals surface area contributed by atoms with Crippen LogP contribution in [0.4, 0.5) is 14.5 Å². The van der Waals surface area contributed by atoms with Crippen LogP contribution in [0, 0.1) is 10.1 Å². The molecule has 2 rings (SSSR count). The highest BCUT2D eigenvalue weighted by Crippen LogP contribution is 2.30. The summed E-state index contributed by atoms with van der Waals surface area (Å²) in [5.74, 6) is -0.685. The SMILES string of the molecule is CCOc1cc(COC(=O)c2ccc([N+](=O)[O-])cc2)ccc1OC(F)F. The van der Waals surface area contributed by atoms with E-state index in [0.29, 0.717) is 5.56 Å². The van der Waals surface area contributed by atoms with Gasteiger partial charge in [0, 0.05) is 12.1 Å². The second kappa shape index (κ2) is 8.75. The molecule has 26 heavy (non-hydrogen) atoms. The molecule has 0 aliphatic heterocycles. The lowest BCUT2D eigenvalue weighted by Crippen LogP contribution is -2.07. The lowest BCUT2D eigenvalue weighted by atomic mass is 10.2. The first-order valence-corrected chi connectivity index (χ1v) is 7.52. The number of alkyl halides is 2. The van der Waals surface area contributed by atoms with E-state index < -0.39 is 17.5 Å². The number of hydrogen-bond acceptors (Lipinski definition) is 6. The van der Waals surface area contributed by atoms with Crippen LogP contribution in [0.5, 0.6) is 11.5 Å². The van der Waals surface area contributed by atoms with Gasteiger partial charge in [0.2, 0.25) is 0 Å². The van der Waals surface area contributed by atoms with Crippen molar-refractivity contribution in [1.82, 2.24) is 0 Å². The summed E-state index contributed by atoms with van der Waals surface area (Å²) < 4.78 is 39.5. The molecule has 0 fully saturated rings. The van der Waals surface area contributed by atoms with Crippen molar-refractivity contribution in [1.29, 1.82) is 0 Å². The fraction of sp³-hybridized carbons (Fsp3) is 0.235. The summed E-state index contributed by atoms with van der Waals surface area (Å²) in [7, 11) is 0. The van der Waals surface area contributed by atoms with Gasteiger partial charge >= 0.3 is 12.6 Å². The Morgan fingerprint density at radius 2 is 1.85 bits per heavy atom. The van der Waals surface area contributed by atoms with Gasteiger partial charge in [-0.15, -0.1) is 0 Å². The summed E-state index contributed by atoms with van der Waals surface area (Å²) in [5.41, 5.74) is 0.515. The molecular formula is C17H15F2NO6. The molecule has 0 aromatic heterocycles. The fourth-order valence-corrected chi connectivity index (χ4v) is 2.06. The maximum atomic E-state index is 12.4. The van der Waals surface area contributed by atoms with Crippen molar-refractivity contribution in [3.63, 3.8) is 0 Å². The molecule has 2 aromatic rings. The van der Waals surface area contributed by atoms with Crippen LogP contribution in [0.25, 0.3) is 0 Å². The molecule has 0 saturated carbocycles. The second-order valence-corrected chi connectivity index (χ2v) is 4.97. The maximum Gasteiger partial charge on any atom is 0.387 e. The lowest BCUT2D eigenvalue weighted by molar-refractivity contribution is -0.384. The molecule has 7 nitrogen and oxygen atoms in total. The highest BCUT2D eigenvalue weighted by Gasteiger charge is 2.14. The molecule has 2 aromatic carbocycles. The van der Waals surface area contributed by atoms with Gasteiger partial charge in [0.05, 0.1) is 17.1 Å². The predicted octanol–water partition coefficient (Wildman–Crippen LogP) is 3.95. The molecule has 0 atom stereocenters. The zero-order valence-corrected chi connectivity index (χ0v) is 13.7. The Balaban J connectivity index is 2.04. The normalized spacial score (nSPS) is 10.5. The quantitative estimate of drug-likeness (QED) is 0.399. The molecule has 138 valence electrons. The van der Waals surface area contributed by atoms with E-state index in [-0.39, 0.29) is 36.0 Å². The number of hydrogen-bond donors (Lipinski definition) is 0. The molecule has 0 amide bonds. The predicted molar refractivity (Wildman–Crippen MR) is 86.5 cm³/mol. The zero-order chi connectivity index (χ0) is 19.1. The van der Waals surface area contributed by atoms with Gasteiger partial charge in [0.25, 0.3) is 5.69 Å². The number of benzene rings is 2. The Labute approximate surface area is 147 Å². The molecule has 0 heterocycles. The Bertz CT molecular complexity index is 779. The van der Waals surface area contributed by atoms with Crippen LogP contribution in [-0.2, 0) is 11.3 Å². The molecule has 0 bridgehead atoms. The molecule has 0 aliphatic carbocycles. The number of non-ortho nitro benzene ring substituents is 1. The summed E-state index contributed by atoms with van der Waals surface area (Å²) in [6.45, 7) is -1.19. The molecule has 0 aliphatic rings. The standard InChI is InChI=1S/C17H15F2NO6/c1-2-24-15-9-11(3-8-14(15)26-17(18)19)10-25-16(21)12-4-6-13(7-5-12)20(22)23/h3-9,17H,2,10H2,1H3. The molecule has 0 N–H and O–H groups in total. The van der Waals surface area contributed by atoms with Crippen LogP contribution in [-0.4, -0.2) is 24.1 Å². The largest absolute Gasteiger partial charge is 0.490 e. The number of nitro groups is 1. The van der Waals surface area contributed by atoms with Gasteiger partial charge in [0.15, 0.2) is 11.5 Å². The summed E-state index contributed by atoms with van der Waals surface area (Å²) >= 11 is 0. The number of rotatable bonds is 8. The Morgan fingerprint density at radius 1 is 1.15 bits per heavy atom. The van der Waals surface area contributed by atoms with Crippen LogP contribution in [0.1, 0.15) is 22.8 Å². The van der Waals surface area contributed by atoms with Gasteiger partial charge in [0.1, 0.15) is 6.61 Å². The van der Waals surface area contributed by atoms with E-state index in [2.05, 4.69) is 4.74 Å². The van der Waals surface area contributed by atoms with Crippen LogP contribution >= 0.6 is 0 Å². The van der Waals surface area contributed by atoms with E-state index >= 15 is 0 Å². The minimum atomic E-state index is -2.99. The highest BCUT2D eigenvalue weighted by atomic mass is 19.3. The lowest BCUT2D eigenvalue weighted by Gasteiger charge is -2.13. The van der Waals surface area contributed by atoms with Crippen molar-refractivity contribution < 1.29 is 32.7 Å². The van der Waals surface area contributed by atoms with E-state index in [1.807, 2.05) is 0 Å². The van der Waals surface area contributed by atoms with Crippen LogP contribution < -0.4 is 9.47 Å². The average molecular weight is 367 g/mol. The van der Waals surface area contributed by atoms with Crippen molar-refractivity contribution >= 4 is 11.7 Å². The Kier molecular flexibility index (Phi) is 6.42. The topological polar surface area (TPSA) is 87.9 Å². The van der Waals surface area contributed by atoms with E-state index in [1.165, 1.54) is 42.5 Å². The van der Waals surface area contributed by atoms with Crippen LogP contribution in [0.15, 0.2) is 42.5 Å². The van der Waals surface area contributed by atoms with Crippen molar-refractivity contribution in [2.24, 2.45) is 0 Å². The number of nitrogens with zero attached hydrogens (tertiary/aromatic N) is 1. The Hall–Kier alpha value is -3.23. The second-order valence-electron chi connectivity index (χ2n) is 4.97. The summed E-state index contributed by atoms with van der Waals surface area (Å²) in [5, 5.41) is 10.6. The summed E-state index contributed by atoms with van der Waals surface area (Å²) in [6.07, 6.45) is 0. The van der Waals surface area contributed by atoms with Gasteiger partial charge in [-0.3, -0.25) is 10.1 Å². The minimum Gasteiger partial charge on any atom is -0.490 e. The third-order valence-electron chi connectivity index (χ3n) is 3.21. The van der Waals surface area contributed by atoms with Crippen molar-refractivity contribution in [2.45, 2.75) is 20.1 Å².